The van der Waals surface area contributed by atoms with E-state index in [9.17, 15) is 0 Å². The van der Waals surface area contributed by atoms with Gasteiger partial charge in [0.25, 0.3) is 0 Å². The first kappa shape index (κ1) is 11.0. The van der Waals surface area contributed by atoms with Gasteiger partial charge in [-0.1, -0.05) is 29.0 Å². The number of nitrogen functional groups attached to an aromatic ring is 1. The number of hydrogen-bond donors (Lipinski definition) is 2. The van der Waals surface area contributed by atoms with Crippen LogP contribution < -0.4 is 11.1 Å². The van der Waals surface area contributed by atoms with E-state index < -0.39 is 0 Å². The smallest absolute Gasteiger partial charge is 0.188 e. The molecule has 1 heterocycles. The molecule has 90 valence electrons. The number of aromatic nitrogens is 1. The maximum absolute atomic E-state index is 5.76. The molecule has 3 N–H and O–H groups in total. The van der Waals surface area contributed by atoms with Crippen LogP contribution in [0.15, 0.2) is 42.5 Å². The minimum absolute atomic E-state index is 0.771. The van der Waals surface area contributed by atoms with Crippen molar-refractivity contribution in [3.8, 4) is 0 Å². The highest BCUT2D eigenvalue weighted by atomic mass is 32.1. The fourth-order valence-corrected chi connectivity index (χ4v) is 2.69. The molecule has 2 aromatic carbocycles. The average molecular weight is 255 g/mol. The molecule has 1 aromatic heterocycles. The largest absolute Gasteiger partial charge is 0.399 e. The van der Waals surface area contributed by atoms with Gasteiger partial charge in [0.15, 0.2) is 5.13 Å². The molecule has 4 heteroatoms. The molecule has 3 aromatic rings. The summed E-state index contributed by atoms with van der Waals surface area (Å²) >= 11 is 1.61. The van der Waals surface area contributed by atoms with Crippen molar-refractivity contribution in [3.05, 3.63) is 48.0 Å². The highest BCUT2D eigenvalue weighted by molar-refractivity contribution is 7.22. The van der Waals surface area contributed by atoms with Crippen LogP contribution in [0.1, 0.15) is 5.56 Å². The first-order chi connectivity index (χ1) is 8.70. The van der Waals surface area contributed by atoms with Gasteiger partial charge in [-0.3, -0.25) is 0 Å². The summed E-state index contributed by atoms with van der Waals surface area (Å²) < 4.78 is 1.10. The zero-order valence-electron chi connectivity index (χ0n) is 9.97. The normalized spacial score (nSPS) is 10.7. The lowest BCUT2D eigenvalue weighted by Gasteiger charge is -2.01. The Bertz CT molecular complexity index is 686. The van der Waals surface area contributed by atoms with E-state index in [1.54, 1.807) is 11.3 Å². The number of thiazole rings is 1. The summed E-state index contributed by atoms with van der Waals surface area (Å²) in [5, 5.41) is 4.19. The first-order valence-electron chi connectivity index (χ1n) is 5.70. The molecule has 0 fully saturated rings. The van der Waals surface area contributed by atoms with Gasteiger partial charge in [-0.15, -0.1) is 0 Å². The summed E-state index contributed by atoms with van der Waals surface area (Å²) in [6.07, 6.45) is 0. The van der Waals surface area contributed by atoms with Crippen LogP contribution in [0.4, 0.5) is 16.5 Å². The van der Waals surface area contributed by atoms with E-state index in [2.05, 4.69) is 41.5 Å². The van der Waals surface area contributed by atoms with Crippen LogP contribution in [0.2, 0.25) is 0 Å². The summed E-state index contributed by atoms with van der Waals surface area (Å²) in [5.74, 6) is 0. The van der Waals surface area contributed by atoms with Crippen LogP contribution in [-0.4, -0.2) is 4.98 Å². The molecule has 0 aliphatic rings. The zero-order chi connectivity index (χ0) is 12.5. The van der Waals surface area contributed by atoms with E-state index in [0.29, 0.717) is 0 Å². The van der Waals surface area contributed by atoms with Crippen LogP contribution in [-0.2, 0) is 0 Å². The Hall–Kier alpha value is -2.07. The van der Waals surface area contributed by atoms with Gasteiger partial charge in [-0.2, -0.15) is 0 Å². The number of nitrogens with one attached hydrogen (secondary N) is 1. The predicted molar refractivity (Wildman–Crippen MR) is 78.5 cm³/mol. The van der Waals surface area contributed by atoms with Crippen molar-refractivity contribution >= 4 is 38.1 Å². The molecule has 0 aliphatic heterocycles. The molecule has 3 rings (SSSR count). The van der Waals surface area contributed by atoms with Crippen LogP contribution in [0.25, 0.3) is 10.2 Å². The highest BCUT2D eigenvalue weighted by Gasteiger charge is 2.04. The van der Waals surface area contributed by atoms with E-state index >= 15 is 0 Å². The fraction of sp³-hybridized carbons (Fsp3) is 0.0714. The van der Waals surface area contributed by atoms with Crippen molar-refractivity contribution in [1.29, 1.82) is 0 Å². The maximum atomic E-state index is 5.76. The summed E-state index contributed by atoms with van der Waals surface area (Å²) in [4.78, 5) is 4.52. The molecule has 0 unspecified atom stereocenters. The quantitative estimate of drug-likeness (QED) is 0.682. The molecule has 18 heavy (non-hydrogen) atoms. The summed E-state index contributed by atoms with van der Waals surface area (Å²) in [6, 6.07) is 14.0. The standard InChI is InChI=1S/C14H13N3S/c1-9-2-5-11(6-3-9)16-14-17-12-7-4-10(15)8-13(12)18-14/h2-8H,15H2,1H3,(H,16,17). The SMILES string of the molecule is Cc1ccc(Nc2nc3ccc(N)cc3s2)cc1. The third-order valence-corrected chi connectivity index (χ3v) is 3.65. The number of nitrogens with two attached hydrogens (primary N) is 1. The van der Waals surface area contributed by atoms with Gasteiger partial charge in [-0.05, 0) is 37.3 Å². The van der Waals surface area contributed by atoms with Gasteiger partial charge >= 0.3 is 0 Å². The van der Waals surface area contributed by atoms with Gasteiger partial charge in [0.2, 0.25) is 0 Å². The Kier molecular flexibility index (Phi) is 2.64. The van der Waals surface area contributed by atoms with E-state index in [1.807, 2.05) is 18.2 Å². The Balaban J connectivity index is 1.92. The molecule has 0 spiro atoms. The molecule has 0 amide bonds. The summed E-state index contributed by atoms with van der Waals surface area (Å²) in [7, 11) is 0. The molecule has 0 saturated carbocycles. The topological polar surface area (TPSA) is 50.9 Å². The van der Waals surface area contributed by atoms with Crippen LogP contribution >= 0.6 is 11.3 Å². The minimum Gasteiger partial charge on any atom is -0.399 e. The lowest BCUT2D eigenvalue weighted by molar-refractivity contribution is 1.42. The summed E-state index contributed by atoms with van der Waals surface area (Å²) in [6.45, 7) is 2.07. The van der Waals surface area contributed by atoms with Crippen LogP contribution in [0.3, 0.4) is 0 Å². The first-order valence-corrected chi connectivity index (χ1v) is 6.52. The molecule has 0 radical (unpaired) electrons. The van der Waals surface area contributed by atoms with Crippen molar-refractivity contribution in [2.75, 3.05) is 11.1 Å². The molecule has 0 bridgehead atoms. The molecular formula is C14H13N3S. The van der Waals surface area contributed by atoms with E-state index in [0.717, 1.165) is 26.7 Å². The number of nitrogens with zero attached hydrogens (tertiary/aromatic N) is 1. The molecule has 0 atom stereocenters. The minimum atomic E-state index is 0.771. The number of benzene rings is 2. The van der Waals surface area contributed by atoms with Crippen LogP contribution in [0, 0.1) is 6.92 Å². The van der Waals surface area contributed by atoms with Gasteiger partial charge in [0.05, 0.1) is 10.2 Å². The number of rotatable bonds is 2. The lowest BCUT2D eigenvalue weighted by atomic mass is 10.2. The lowest BCUT2D eigenvalue weighted by Crippen LogP contribution is -1.88. The molecular weight excluding hydrogens is 242 g/mol. The van der Waals surface area contributed by atoms with E-state index in [1.165, 1.54) is 5.56 Å². The number of anilines is 3. The second-order valence-corrected chi connectivity index (χ2v) is 5.27. The Morgan fingerprint density at radius 2 is 1.89 bits per heavy atom. The second kappa shape index (κ2) is 4.31. The number of fused-ring (bicyclic) bond motifs is 1. The van der Waals surface area contributed by atoms with Crippen molar-refractivity contribution in [2.45, 2.75) is 6.92 Å². The van der Waals surface area contributed by atoms with Gasteiger partial charge in [0.1, 0.15) is 0 Å². The Labute approximate surface area is 109 Å². The van der Waals surface area contributed by atoms with Crippen LogP contribution in [0.5, 0.6) is 0 Å². The fourth-order valence-electron chi connectivity index (χ4n) is 1.76. The second-order valence-electron chi connectivity index (χ2n) is 4.24. The molecule has 0 saturated heterocycles. The number of aryl methyl sites for hydroxylation is 1. The van der Waals surface area contributed by atoms with Crippen molar-refractivity contribution in [1.82, 2.24) is 4.98 Å². The molecule has 0 aliphatic carbocycles. The van der Waals surface area contributed by atoms with Gasteiger partial charge < -0.3 is 11.1 Å². The average Bonchev–Trinajstić information content (AvgIpc) is 2.73. The van der Waals surface area contributed by atoms with Gasteiger partial charge in [0, 0.05) is 11.4 Å². The zero-order valence-corrected chi connectivity index (χ0v) is 10.8. The molecule has 3 nitrogen and oxygen atoms in total. The number of hydrogen-bond acceptors (Lipinski definition) is 4. The van der Waals surface area contributed by atoms with Gasteiger partial charge in [-0.25, -0.2) is 4.98 Å². The highest BCUT2D eigenvalue weighted by Crippen LogP contribution is 2.29. The monoisotopic (exact) mass is 255 g/mol. The van der Waals surface area contributed by atoms with E-state index in [-0.39, 0.29) is 0 Å². The summed E-state index contributed by atoms with van der Waals surface area (Å²) in [5.41, 5.74) is 9.80. The third kappa shape index (κ3) is 2.15. The predicted octanol–water partition coefficient (Wildman–Crippen LogP) is 3.93. The maximum Gasteiger partial charge on any atom is 0.188 e. The van der Waals surface area contributed by atoms with E-state index in [4.69, 9.17) is 5.73 Å². The van der Waals surface area contributed by atoms with Crippen molar-refractivity contribution < 1.29 is 0 Å². The van der Waals surface area contributed by atoms with Crippen molar-refractivity contribution in [3.63, 3.8) is 0 Å². The van der Waals surface area contributed by atoms with Crippen molar-refractivity contribution in [2.24, 2.45) is 0 Å². The Morgan fingerprint density at radius 3 is 2.67 bits per heavy atom. The third-order valence-electron chi connectivity index (χ3n) is 2.72. The Morgan fingerprint density at radius 1 is 1.11 bits per heavy atom.